The monoisotopic (exact) mass is 261 g/mol. The fourth-order valence-corrected chi connectivity index (χ4v) is 3.58. The molecular formula is C6H17NO6P2. The van der Waals surface area contributed by atoms with Crippen LogP contribution in [0.3, 0.4) is 0 Å². The van der Waals surface area contributed by atoms with Crippen molar-refractivity contribution in [2.24, 2.45) is 0 Å². The quantitative estimate of drug-likeness (QED) is 0.497. The summed E-state index contributed by atoms with van der Waals surface area (Å²) in [4.78, 5) is 36.9. The van der Waals surface area contributed by atoms with Gasteiger partial charge in [-0.1, -0.05) is 13.8 Å². The molecule has 0 aliphatic rings. The van der Waals surface area contributed by atoms with Crippen molar-refractivity contribution in [2.75, 3.05) is 19.6 Å². The van der Waals surface area contributed by atoms with Gasteiger partial charge in [0, 0.05) is 6.54 Å². The lowest BCUT2D eigenvalue weighted by Crippen LogP contribution is -2.32. The van der Waals surface area contributed by atoms with Crippen molar-refractivity contribution in [1.29, 1.82) is 0 Å². The van der Waals surface area contributed by atoms with Gasteiger partial charge < -0.3 is 24.5 Å². The standard InChI is InChI=1S/C6H17NO6P2/c1-3-7(4-2)5-6(14(8,9)10)15(11,12)13/h6H,3-5H2,1-2H3,(H2,8,9,10)(H2,11,12,13). The molecule has 0 aliphatic heterocycles. The van der Waals surface area contributed by atoms with Gasteiger partial charge in [-0.25, -0.2) is 0 Å². The Morgan fingerprint density at radius 3 is 1.53 bits per heavy atom. The number of nitrogens with zero attached hydrogens (tertiary/aromatic N) is 1. The van der Waals surface area contributed by atoms with Crippen LogP contribution >= 0.6 is 15.2 Å². The van der Waals surface area contributed by atoms with Crippen LogP contribution in [0.25, 0.3) is 0 Å². The third kappa shape index (κ3) is 5.22. The maximum Gasteiger partial charge on any atom is 0.342 e. The van der Waals surface area contributed by atoms with E-state index in [9.17, 15) is 9.13 Å². The highest BCUT2D eigenvalue weighted by molar-refractivity contribution is 7.70. The van der Waals surface area contributed by atoms with Gasteiger partial charge in [0.15, 0.2) is 5.40 Å². The van der Waals surface area contributed by atoms with Crippen LogP contribution in [0, 0.1) is 0 Å². The number of hydrogen-bond donors (Lipinski definition) is 4. The van der Waals surface area contributed by atoms with E-state index in [0.717, 1.165) is 0 Å². The highest BCUT2D eigenvalue weighted by atomic mass is 31.2. The molecule has 0 aromatic rings. The minimum absolute atomic E-state index is 0.304. The lowest BCUT2D eigenvalue weighted by molar-refractivity contribution is 0.277. The summed E-state index contributed by atoms with van der Waals surface area (Å²) < 4.78 is 21.8. The van der Waals surface area contributed by atoms with Crippen LogP contribution in [0.4, 0.5) is 0 Å². The minimum Gasteiger partial charge on any atom is -0.324 e. The number of rotatable bonds is 6. The predicted molar refractivity (Wildman–Crippen MR) is 55.7 cm³/mol. The molecule has 0 aliphatic carbocycles. The van der Waals surface area contributed by atoms with Gasteiger partial charge in [0.25, 0.3) is 0 Å². The molecule has 0 bridgehead atoms. The van der Waals surface area contributed by atoms with Crippen LogP contribution in [-0.2, 0) is 9.13 Å². The molecule has 0 atom stereocenters. The smallest absolute Gasteiger partial charge is 0.324 e. The Morgan fingerprint density at radius 1 is 1.00 bits per heavy atom. The fraction of sp³-hybridized carbons (Fsp3) is 1.00. The third-order valence-corrected chi connectivity index (χ3v) is 5.78. The first-order valence-electron chi connectivity index (χ1n) is 4.45. The van der Waals surface area contributed by atoms with Gasteiger partial charge in [-0.3, -0.25) is 9.13 Å². The van der Waals surface area contributed by atoms with Crippen LogP contribution in [0.2, 0.25) is 0 Å². The van der Waals surface area contributed by atoms with Gasteiger partial charge in [-0.2, -0.15) is 0 Å². The summed E-state index contributed by atoms with van der Waals surface area (Å²) in [6.45, 7) is 4.15. The van der Waals surface area contributed by atoms with E-state index in [0.29, 0.717) is 13.1 Å². The molecule has 4 N–H and O–H groups in total. The Balaban J connectivity index is 4.84. The summed E-state index contributed by atoms with van der Waals surface area (Å²) in [6.07, 6.45) is 0. The lowest BCUT2D eigenvalue weighted by Gasteiger charge is -2.26. The Labute approximate surface area is 88.4 Å². The maximum atomic E-state index is 10.9. The summed E-state index contributed by atoms with van der Waals surface area (Å²) in [5.41, 5.74) is 0. The molecule has 0 saturated heterocycles. The summed E-state index contributed by atoms with van der Waals surface area (Å²) in [5, 5.41) is -1.93. The SMILES string of the molecule is CCN(CC)CC(P(=O)(O)O)P(=O)(O)O. The Bertz CT molecular complexity index is 257. The molecule has 0 saturated carbocycles. The Morgan fingerprint density at radius 2 is 1.33 bits per heavy atom. The second-order valence-corrected chi connectivity index (χ2v) is 7.16. The molecule has 0 unspecified atom stereocenters. The first-order chi connectivity index (χ1) is 6.62. The summed E-state index contributed by atoms with van der Waals surface area (Å²) in [6, 6.07) is 0. The van der Waals surface area contributed by atoms with Crippen molar-refractivity contribution in [2.45, 2.75) is 19.2 Å². The fourth-order valence-electron chi connectivity index (χ4n) is 1.12. The van der Waals surface area contributed by atoms with E-state index in [1.165, 1.54) is 0 Å². The third-order valence-electron chi connectivity index (χ3n) is 2.09. The summed E-state index contributed by atoms with van der Waals surface area (Å²) in [7, 11) is -9.56. The van der Waals surface area contributed by atoms with Crippen molar-refractivity contribution in [3.8, 4) is 0 Å². The topological polar surface area (TPSA) is 118 Å². The van der Waals surface area contributed by atoms with Crippen LogP contribution in [0.1, 0.15) is 13.8 Å². The van der Waals surface area contributed by atoms with E-state index in [2.05, 4.69) is 0 Å². The van der Waals surface area contributed by atoms with Crippen molar-refractivity contribution < 1.29 is 28.7 Å². The maximum absolute atomic E-state index is 10.9. The highest BCUT2D eigenvalue weighted by Gasteiger charge is 2.43. The first-order valence-corrected chi connectivity index (χ1v) is 7.82. The van der Waals surface area contributed by atoms with Gasteiger partial charge in [0.1, 0.15) is 0 Å². The summed E-state index contributed by atoms with van der Waals surface area (Å²) in [5.74, 6) is 0. The minimum atomic E-state index is -4.78. The molecule has 92 valence electrons. The van der Waals surface area contributed by atoms with Crippen molar-refractivity contribution in [1.82, 2.24) is 4.90 Å². The van der Waals surface area contributed by atoms with Crippen LogP contribution < -0.4 is 0 Å². The molecule has 15 heavy (non-hydrogen) atoms. The van der Waals surface area contributed by atoms with Crippen molar-refractivity contribution in [3.05, 3.63) is 0 Å². The van der Waals surface area contributed by atoms with Gasteiger partial charge in [0.05, 0.1) is 0 Å². The van der Waals surface area contributed by atoms with E-state index in [4.69, 9.17) is 19.6 Å². The summed E-state index contributed by atoms with van der Waals surface area (Å²) >= 11 is 0. The molecule has 0 rings (SSSR count). The van der Waals surface area contributed by atoms with E-state index >= 15 is 0 Å². The number of hydrogen-bond acceptors (Lipinski definition) is 3. The molecule has 0 radical (unpaired) electrons. The van der Waals surface area contributed by atoms with Crippen molar-refractivity contribution >= 4 is 15.2 Å². The van der Waals surface area contributed by atoms with Gasteiger partial charge in [-0.05, 0) is 13.1 Å². The average Bonchev–Trinajstić information content (AvgIpc) is 2.01. The van der Waals surface area contributed by atoms with Gasteiger partial charge >= 0.3 is 15.2 Å². The van der Waals surface area contributed by atoms with Gasteiger partial charge in [0.2, 0.25) is 0 Å². The zero-order chi connectivity index (χ0) is 12.3. The Hall–Kier alpha value is 0.260. The Kier molecular flexibility index (Phi) is 5.64. The normalized spacial score (nSPS) is 13.9. The molecular weight excluding hydrogens is 244 g/mol. The van der Waals surface area contributed by atoms with Crippen LogP contribution in [0.5, 0.6) is 0 Å². The average molecular weight is 261 g/mol. The van der Waals surface area contributed by atoms with Crippen molar-refractivity contribution in [3.63, 3.8) is 0 Å². The van der Waals surface area contributed by atoms with E-state index < -0.39 is 20.6 Å². The zero-order valence-corrected chi connectivity index (χ0v) is 10.4. The molecule has 0 spiro atoms. The molecule has 0 aromatic carbocycles. The van der Waals surface area contributed by atoms with Gasteiger partial charge in [-0.15, -0.1) is 0 Å². The second-order valence-electron chi connectivity index (χ2n) is 3.14. The van der Waals surface area contributed by atoms with E-state index in [1.807, 2.05) is 0 Å². The van der Waals surface area contributed by atoms with Crippen LogP contribution in [-0.4, -0.2) is 49.5 Å². The predicted octanol–water partition coefficient (Wildman–Crippen LogP) is 0.00970. The van der Waals surface area contributed by atoms with Crippen LogP contribution in [0.15, 0.2) is 0 Å². The largest absolute Gasteiger partial charge is 0.342 e. The first kappa shape index (κ1) is 15.3. The molecule has 9 heteroatoms. The lowest BCUT2D eigenvalue weighted by atomic mass is 10.5. The molecule has 0 fully saturated rings. The van der Waals surface area contributed by atoms with E-state index in [-0.39, 0.29) is 6.54 Å². The zero-order valence-electron chi connectivity index (χ0n) is 8.65. The molecule has 0 aromatic heterocycles. The van der Waals surface area contributed by atoms with E-state index in [1.54, 1.807) is 18.7 Å². The highest BCUT2D eigenvalue weighted by Crippen LogP contribution is 2.59. The molecule has 7 nitrogen and oxygen atoms in total. The molecule has 0 amide bonds. The second kappa shape index (κ2) is 5.55. The molecule has 0 heterocycles.